The maximum Gasteiger partial charge on any atom is 0.343 e. The van der Waals surface area contributed by atoms with E-state index in [-0.39, 0.29) is 18.4 Å². The summed E-state index contributed by atoms with van der Waals surface area (Å²) in [4.78, 5) is 34.6. The van der Waals surface area contributed by atoms with Crippen LogP contribution in [0.1, 0.15) is 17.3 Å². The first kappa shape index (κ1) is 22.3. The molecule has 0 bridgehead atoms. The number of nitro groups is 1. The number of non-ortho nitro benzene ring substituents is 1. The molecular weight excluding hydrogens is 416 g/mol. The number of rotatable bonds is 7. The molecule has 0 fully saturated rings. The van der Waals surface area contributed by atoms with Gasteiger partial charge in [-0.3, -0.25) is 14.9 Å². The van der Waals surface area contributed by atoms with Crippen LogP contribution >= 0.6 is 0 Å². The van der Waals surface area contributed by atoms with E-state index < -0.39 is 62.5 Å². The number of nitrogens with one attached hydrogen (secondary N) is 1. The molecule has 0 atom stereocenters. The van der Waals surface area contributed by atoms with Crippen molar-refractivity contribution in [2.45, 2.75) is 6.92 Å². The molecule has 2 rings (SSSR count). The third-order valence-corrected chi connectivity index (χ3v) is 3.65. The number of esters is 1. The Morgan fingerprint density at radius 2 is 1.83 bits per heavy atom. The second kappa shape index (κ2) is 9.03. The van der Waals surface area contributed by atoms with E-state index in [1.54, 1.807) is 0 Å². The molecule has 0 radical (unpaired) electrons. The van der Waals surface area contributed by atoms with Gasteiger partial charge >= 0.3 is 5.97 Å². The molecule has 2 aromatic carbocycles. The Labute approximate surface area is 165 Å². The molecule has 8 nitrogen and oxygen atoms in total. The molecule has 0 aliphatic carbocycles. The molecule has 0 unspecified atom stereocenters. The van der Waals surface area contributed by atoms with E-state index in [0.717, 1.165) is 18.2 Å². The van der Waals surface area contributed by atoms with Crippen molar-refractivity contribution < 1.29 is 41.9 Å². The molecule has 0 saturated carbocycles. The molecular formula is C18H12F4N2O6. The van der Waals surface area contributed by atoms with E-state index in [1.807, 2.05) is 0 Å². The number of aromatic hydroxyl groups is 1. The quantitative estimate of drug-likeness (QED) is 0.0591. The van der Waals surface area contributed by atoms with Crippen molar-refractivity contribution in [3.05, 3.63) is 75.0 Å². The van der Waals surface area contributed by atoms with Gasteiger partial charge in [0.05, 0.1) is 22.8 Å². The predicted molar refractivity (Wildman–Crippen MR) is 93.7 cm³/mol. The number of anilines is 1. The molecule has 0 saturated heterocycles. The number of nitrogens with zero attached hydrogens (tertiary/aromatic N) is 1. The van der Waals surface area contributed by atoms with Gasteiger partial charge in [0.25, 0.3) is 5.69 Å². The van der Waals surface area contributed by atoms with Gasteiger partial charge in [0.1, 0.15) is 11.3 Å². The minimum absolute atomic E-state index is 0.0635. The number of phenols is 1. The van der Waals surface area contributed by atoms with E-state index >= 15 is 0 Å². The summed E-state index contributed by atoms with van der Waals surface area (Å²) in [5, 5.41) is 22.8. The number of carbonyl (C=O) groups excluding carboxylic acids is 2. The van der Waals surface area contributed by atoms with Gasteiger partial charge in [0.15, 0.2) is 23.3 Å². The topological polar surface area (TPSA) is 119 Å². The lowest BCUT2D eigenvalue weighted by molar-refractivity contribution is -0.384. The van der Waals surface area contributed by atoms with Gasteiger partial charge in [-0.1, -0.05) is 0 Å². The normalized spacial score (nSPS) is 11.2. The van der Waals surface area contributed by atoms with Gasteiger partial charge in [-0.2, -0.15) is 0 Å². The summed E-state index contributed by atoms with van der Waals surface area (Å²) in [7, 11) is 0. The predicted octanol–water partition coefficient (Wildman–Crippen LogP) is 3.60. The number of halogens is 4. The van der Waals surface area contributed by atoms with E-state index in [0.29, 0.717) is 6.20 Å². The fraction of sp³-hybridized carbons (Fsp3) is 0.111. The minimum atomic E-state index is -2.26. The lowest BCUT2D eigenvalue weighted by Gasteiger charge is -2.10. The van der Waals surface area contributed by atoms with Gasteiger partial charge in [0, 0.05) is 18.3 Å². The van der Waals surface area contributed by atoms with Gasteiger partial charge in [0.2, 0.25) is 5.78 Å². The van der Waals surface area contributed by atoms with Crippen molar-refractivity contribution in [3.8, 4) is 5.75 Å². The van der Waals surface area contributed by atoms with Crippen LogP contribution in [0.2, 0.25) is 0 Å². The number of ketones is 1. The number of carbonyl (C=O) groups is 2. The van der Waals surface area contributed by atoms with Crippen molar-refractivity contribution >= 4 is 23.1 Å². The van der Waals surface area contributed by atoms with E-state index in [1.165, 1.54) is 6.92 Å². The van der Waals surface area contributed by atoms with Gasteiger partial charge in [-0.05, 0) is 19.1 Å². The Balaban J connectivity index is 2.52. The van der Waals surface area contributed by atoms with Crippen molar-refractivity contribution in [2.24, 2.45) is 0 Å². The Hall–Kier alpha value is -3.96. The lowest BCUT2D eigenvalue weighted by atomic mass is 10.0. The highest BCUT2D eigenvalue weighted by Gasteiger charge is 2.28. The highest BCUT2D eigenvalue weighted by atomic mass is 19.2. The van der Waals surface area contributed by atoms with Crippen LogP contribution in [0.5, 0.6) is 5.75 Å². The van der Waals surface area contributed by atoms with E-state index in [9.17, 15) is 42.4 Å². The number of Topliss-reactive ketones (excluding diaryl/α,β-unsaturated/α-hetero) is 1. The summed E-state index contributed by atoms with van der Waals surface area (Å²) < 4.78 is 58.6. The summed E-state index contributed by atoms with van der Waals surface area (Å²) in [5.41, 5.74) is -3.06. The molecule has 0 aromatic heterocycles. The number of ether oxygens (including phenoxy) is 1. The molecule has 0 spiro atoms. The van der Waals surface area contributed by atoms with Crippen molar-refractivity contribution in [3.63, 3.8) is 0 Å². The smallest absolute Gasteiger partial charge is 0.343 e. The van der Waals surface area contributed by atoms with Gasteiger partial charge in [-0.25, -0.2) is 22.4 Å². The van der Waals surface area contributed by atoms with Crippen LogP contribution in [0.15, 0.2) is 36.0 Å². The number of benzene rings is 2. The van der Waals surface area contributed by atoms with Gasteiger partial charge in [-0.15, -0.1) is 0 Å². The Kier molecular flexibility index (Phi) is 6.72. The third-order valence-electron chi connectivity index (χ3n) is 3.65. The van der Waals surface area contributed by atoms with E-state index in [4.69, 9.17) is 0 Å². The maximum absolute atomic E-state index is 14.0. The summed E-state index contributed by atoms with van der Waals surface area (Å²) in [6.07, 6.45) is 0.595. The van der Waals surface area contributed by atoms with Crippen LogP contribution in [-0.4, -0.2) is 28.4 Å². The van der Waals surface area contributed by atoms with Crippen molar-refractivity contribution in [1.29, 1.82) is 0 Å². The zero-order chi connectivity index (χ0) is 22.6. The fourth-order valence-electron chi connectivity index (χ4n) is 2.21. The Bertz CT molecular complexity index is 1070. The molecule has 0 amide bonds. The summed E-state index contributed by atoms with van der Waals surface area (Å²) in [6.45, 7) is 1.14. The van der Waals surface area contributed by atoms with Crippen LogP contribution < -0.4 is 5.32 Å². The summed E-state index contributed by atoms with van der Waals surface area (Å²) in [6, 6.07) is 2.84. The zero-order valence-electron chi connectivity index (χ0n) is 15.0. The highest BCUT2D eigenvalue weighted by molar-refractivity contribution is 6.24. The van der Waals surface area contributed by atoms with Gasteiger partial charge < -0.3 is 15.2 Å². The SMILES string of the molecule is CCOC(=O)C(=CNc1cc([N+](=O)[O-])ccc1O)C(=O)c1cc(F)c(F)c(F)c1F. The molecule has 0 heterocycles. The summed E-state index contributed by atoms with van der Waals surface area (Å²) in [5.74, 6) is -11.7. The molecule has 158 valence electrons. The molecule has 2 N–H and O–H groups in total. The minimum Gasteiger partial charge on any atom is -0.506 e. The first-order valence-corrected chi connectivity index (χ1v) is 8.07. The molecule has 0 aliphatic rings. The van der Waals surface area contributed by atoms with Crippen LogP contribution in [0.25, 0.3) is 0 Å². The fourth-order valence-corrected chi connectivity index (χ4v) is 2.21. The van der Waals surface area contributed by atoms with Crippen LogP contribution in [-0.2, 0) is 9.53 Å². The first-order chi connectivity index (χ1) is 14.1. The second-order valence-electron chi connectivity index (χ2n) is 5.56. The molecule has 12 heteroatoms. The number of nitro benzene ring substituents is 1. The lowest BCUT2D eigenvalue weighted by Crippen LogP contribution is -2.19. The second-order valence-corrected chi connectivity index (χ2v) is 5.56. The number of hydrogen-bond donors (Lipinski definition) is 2. The maximum atomic E-state index is 14.0. The first-order valence-electron chi connectivity index (χ1n) is 8.07. The number of hydrogen-bond acceptors (Lipinski definition) is 7. The highest BCUT2D eigenvalue weighted by Crippen LogP contribution is 2.28. The average molecular weight is 428 g/mol. The Morgan fingerprint density at radius 3 is 2.43 bits per heavy atom. The molecule has 0 aliphatic heterocycles. The monoisotopic (exact) mass is 428 g/mol. The average Bonchev–Trinajstić information content (AvgIpc) is 2.70. The third kappa shape index (κ3) is 4.54. The zero-order valence-corrected chi connectivity index (χ0v) is 15.0. The standard InChI is InChI=1S/C18H12F4N2O6/c1-2-30-18(27)10(7-23-12-5-8(24(28)29)3-4-13(12)25)17(26)9-6-11(19)15(21)16(22)14(9)20/h3-7,23,25H,2H2,1H3. The number of phenolic OH excluding ortho intramolecular Hbond substituents is 1. The van der Waals surface area contributed by atoms with Crippen LogP contribution in [0, 0.1) is 33.4 Å². The van der Waals surface area contributed by atoms with Crippen molar-refractivity contribution in [2.75, 3.05) is 11.9 Å². The van der Waals surface area contributed by atoms with Crippen LogP contribution in [0.4, 0.5) is 28.9 Å². The van der Waals surface area contributed by atoms with Crippen LogP contribution in [0.3, 0.4) is 0 Å². The van der Waals surface area contributed by atoms with Crippen molar-refractivity contribution in [1.82, 2.24) is 0 Å². The summed E-state index contributed by atoms with van der Waals surface area (Å²) >= 11 is 0. The molecule has 30 heavy (non-hydrogen) atoms. The molecule has 2 aromatic rings. The Morgan fingerprint density at radius 1 is 1.17 bits per heavy atom. The van der Waals surface area contributed by atoms with E-state index in [2.05, 4.69) is 10.1 Å². The largest absolute Gasteiger partial charge is 0.506 e.